The normalized spacial score (nSPS) is 15.0. The molecule has 2 heterocycles. The number of rotatable bonds is 6. The highest BCUT2D eigenvalue weighted by Gasteiger charge is 2.21. The maximum atomic E-state index is 13.1. The summed E-state index contributed by atoms with van der Waals surface area (Å²) >= 11 is 0. The van der Waals surface area contributed by atoms with Crippen LogP contribution in [0.2, 0.25) is 0 Å². The Balaban J connectivity index is 1.61. The van der Waals surface area contributed by atoms with Gasteiger partial charge in [0.05, 0.1) is 0 Å². The van der Waals surface area contributed by atoms with E-state index in [1.165, 1.54) is 0 Å². The van der Waals surface area contributed by atoms with Crippen LogP contribution in [0.25, 0.3) is 6.08 Å². The molecule has 6 heteroatoms. The number of carbonyl (C=O) groups is 2. The highest BCUT2D eigenvalue weighted by atomic mass is 16.5. The van der Waals surface area contributed by atoms with Gasteiger partial charge < -0.3 is 15.4 Å². The molecule has 3 aromatic rings. The molecule has 0 unspecified atom stereocenters. The lowest BCUT2D eigenvalue weighted by molar-refractivity contribution is -0.118. The Hall–Kier alpha value is -4.19. The van der Waals surface area contributed by atoms with Gasteiger partial charge in [0.25, 0.3) is 11.8 Å². The van der Waals surface area contributed by atoms with Crippen LogP contribution in [0.5, 0.6) is 5.75 Å². The molecule has 166 valence electrons. The lowest BCUT2D eigenvalue weighted by Gasteiger charge is -2.23. The van der Waals surface area contributed by atoms with Crippen LogP contribution in [0.3, 0.4) is 0 Å². The van der Waals surface area contributed by atoms with Crippen molar-refractivity contribution < 1.29 is 14.3 Å². The molecule has 2 amide bonds. The van der Waals surface area contributed by atoms with E-state index in [1.807, 2.05) is 62.4 Å². The second-order valence-electron chi connectivity index (χ2n) is 7.86. The maximum Gasteiger partial charge on any atom is 0.268 e. The van der Waals surface area contributed by atoms with Gasteiger partial charge in [-0.15, -0.1) is 0 Å². The number of para-hydroxylation sites is 1. The first-order valence-corrected chi connectivity index (χ1v) is 10.7. The zero-order valence-corrected chi connectivity index (χ0v) is 18.5. The molecule has 0 saturated carbocycles. The van der Waals surface area contributed by atoms with Gasteiger partial charge in [-0.2, -0.15) is 0 Å². The molecule has 0 fully saturated rings. The number of carbonyl (C=O) groups excluding carboxylic acids is 2. The summed E-state index contributed by atoms with van der Waals surface area (Å²) in [6.45, 7) is 4.15. The van der Waals surface area contributed by atoms with Gasteiger partial charge in [0.15, 0.2) is 0 Å². The Morgan fingerprint density at radius 3 is 2.61 bits per heavy atom. The highest BCUT2D eigenvalue weighted by molar-refractivity contribution is 6.03. The monoisotopic (exact) mass is 439 g/mol. The van der Waals surface area contributed by atoms with E-state index in [0.717, 1.165) is 28.0 Å². The van der Waals surface area contributed by atoms with E-state index in [0.29, 0.717) is 12.1 Å². The largest absolute Gasteiger partial charge is 0.485 e. The highest BCUT2D eigenvalue weighted by Crippen LogP contribution is 2.30. The van der Waals surface area contributed by atoms with E-state index in [4.69, 9.17) is 4.74 Å². The number of hydrogen-bond donors (Lipinski definition) is 2. The molecular weight excluding hydrogens is 414 g/mol. The molecule has 0 bridgehead atoms. The zero-order chi connectivity index (χ0) is 23.2. The van der Waals surface area contributed by atoms with Gasteiger partial charge in [-0.1, -0.05) is 42.0 Å². The van der Waals surface area contributed by atoms with E-state index < -0.39 is 5.91 Å². The summed E-state index contributed by atoms with van der Waals surface area (Å²) in [4.78, 5) is 30.0. The molecule has 0 aliphatic carbocycles. The molecule has 0 saturated heterocycles. The summed E-state index contributed by atoms with van der Waals surface area (Å²) < 4.78 is 5.99. The van der Waals surface area contributed by atoms with Crippen molar-refractivity contribution in [1.82, 2.24) is 15.6 Å². The van der Waals surface area contributed by atoms with Crippen molar-refractivity contribution in [2.45, 2.75) is 26.5 Å². The van der Waals surface area contributed by atoms with Crippen LogP contribution in [0.15, 0.2) is 90.4 Å². The van der Waals surface area contributed by atoms with Crippen LogP contribution >= 0.6 is 0 Å². The Kier molecular flexibility index (Phi) is 6.64. The molecule has 4 rings (SSSR count). The number of benzene rings is 2. The van der Waals surface area contributed by atoms with Gasteiger partial charge in [-0.25, -0.2) is 0 Å². The number of fused-ring (bicyclic) bond motifs is 1. The van der Waals surface area contributed by atoms with Crippen LogP contribution in [-0.4, -0.2) is 22.9 Å². The zero-order valence-electron chi connectivity index (χ0n) is 18.5. The topological polar surface area (TPSA) is 80.3 Å². The minimum Gasteiger partial charge on any atom is -0.485 e. The van der Waals surface area contributed by atoms with Crippen LogP contribution in [-0.2, 0) is 11.3 Å². The number of hydrogen-bond acceptors (Lipinski definition) is 4. The van der Waals surface area contributed by atoms with Gasteiger partial charge in [0.2, 0.25) is 0 Å². The van der Waals surface area contributed by atoms with Crippen molar-refractivity contribution in [2.75, 3.05) is 0 Å². The molecule has 1 atom stereocenters. The van der Waals surface area contributed by atoms with Crippen molar-refractivity contribution in [2.24, 2.45) is 0 Å². The molecule has 0 spiro atoms. The predicted molar refractivity (Wildman–Crippen MR) is 127 cm³/mol. The predicted octanol–water partition coefficient (Wildman–Crippen LogP) is 4.18. The summed E-state index contributed by atoms with van der Waals surface area (Å²) in [6.07, 6.45) is 6.72. The number of nitrogens with one attached hydrogen (secondary N) is 2. The van der Waals surface area contributed by atoms with Crippen LogP contribution in [0, 0.1) is 6.92 Å². The molecule has 1 aliphatic heterocycles. The number of ether oxygens (including phenoxy) is 1. The second kappa shape index (κ2) is 9.96. The smallest absolute Gasteiger partial charge is 0.268 e. The molecule has 1 aliphatic rings. The third kappa shape index (κ3) is 5.54. The fourth-order valence-corrected chi connectivity index (χ4v) is 3.43. The van der Waals surface area contributed by atoms with Gasteiger partial charge in [-0.3, -0.25) is 14.6 Å². The average molecular weight is 440 g/mol. The third-order valence-corrected chi connectivity index (χ3v) is 5.31. The SMILES string of the molecule is Cc1ccc(C(=O)N/C(=C\C2=Cc3ccccc3O[C@H]2C)C(=O)NCc2cccnc2)cc1. The van der Waals surface area contributed by atoms with Crippen LogP contribution in [0.4, 0.5) is 0 Å². The van der Waals surface area contributed by atoms with Crippen LogP contribution < -0.4 is 15.4 Å². The summed E-state index contributed by atoms with van der Waals surface area (Å²) in [5.74, 6) is 0.0304. The van der Waals surface area contributed by atoms with E-state index in [1.54, 1.807) is 36.7 Å². The van der Waals surface area contributed by atoms with Crippen molar-refractivity contribution in [3.05, 3.63) is 113 Å². The summed E-state index contributed by atoms with van der Waals surface area (Å²) in [6, 6.07) is 18.6. The van der Waals surface area contributed by atoms with E-state index in [9.17, 15) is 9.59 Å². The minimum absolute atomic E-state index is 0.144. The quantitative estimate of drug-likeness (QED) is 0.565. The first-order chi connectivity index (χ1) is 16.0. The molecule has 2 aromatic carbocycles. The number of aryl methyl sites for hydroxylation is 1. The Labute approximate surface area is 193 Å². The standard InChI is InChI=1S/C27H25N3O3/c1-18-9-11-21(12-10-18)26(31)30-24(27(32)29-17-20-6-5-13-28-16-20)15-23-14-22-7-3-4-8-25(22)33-19(23)2/h3-16,19H,17H2,1-2H3,(H,29,32)(H,30,31)/b24-15-/t19-/m0/s1. The lowest BCUT2D eigenvalue weighted by Crippen LogP contribution is -2.35. The van der Waals surface area contributed by atoms with Crippen molar-refractivity contribution >= 4 is 17.9 Å². The first kappa shape index (κ1) is 22.0. The summed E-state index contributed by atoms with van der Waals surface area (Å²) in [5, 5.41) is 5.64. The van der Waals surface area contributed by atoms with Gasteiger partial charge in [0, 0.05) is 30.1 Å². The fraction of sp³-hybridized carbons (Fsp3) is 0.148. The lowest BCUT2D eigenvalue weighted by atomic mass is 10.0. The van der Waals surface area contributed by atoms with Crippen LogP contribution in [0.1, 0.15) is 34.0 Å². The van der Waals surface area contributed by atoms with Crippen molar-refractivity contribution in [3.63, 3.8) is 0 Å². The van der Waals surface area contributed by atoms with Crippen molar-refractivity contribution in [1.29, 1.82) is 0 Å². The fourth-order valence-electron chi connectivity index (χ4n) is 3.43. The van der Waals surface area contributed by atoms with E-state index in [2.05, 4.69) is 15.6 Å². The number of pyridine rings is 1. The summed E-state index contributed by atoms with van der Waals surface area (Å²) in [7, 11) is 0. The van der Waals surface area contributed by atoms with Crippen molar-refractivity contribution in [3.8, 4) is 5.75 Å². The Bertz CT molecular complexity index is 1210. The Morgan fingerprint density at radius 1 is 1.06 bits per heavy atom. The average Bonchev–Trinajstić information content (AvgIpc) is 2.83. The molecule has 1 aromatic heterocycles. The third-order valence-electron chi connectivity index (χ3n) is 5.31. The minimum atomic E-state index is -0.397. The molecule has 2 N–H and O–H groups in total. The molecule has 0 radical (unpaired) electrons. The molecular formula is C27H25N3O3. The molecule has 33 heavy (non-hydrogen) atoms. The summed E-state index contributed by atoms with van der Waals surface area (Å²) in [5.41, 5.74) is 4.22. The Morgan fingerprint density at radius 2 is 1.85 bits per heavy atom. The number of aromatic nitrogens is 1. The maximum absolute atomic E-state index is 13.1. The van der Waals surface area contributed by atoms with Gasteiger partial charge >= 0.3 is 0 Å². The van der Waals surface area contributed by atoms with Gasteiger partial charge in [0.1, 0.15) is 17.6 Å². The van der Waals surface area contributed by atoms with E-state index in [-0.39, 0.29) is 17.7 Å². The second-order valence-corrected chi connectivity index (χ2v) is 7.86. The van der Waals surface area contributed by atoms with E-state index >= 15 is 0 Å². The number of amides is 2. The molecule has 6 nitrogen and oxygen atoms in total. The first-order valence-electron chi connectivity index (χ1n) is 10.7. The number of nitrogens with zero attached hydrogens (tertiary/aromatic N) is 1. The van der Waals surface area contributed by atoms with Gasteiger partial charge in [-0.05, 0) is 61.4 Å².